The highest BCUT2D eigenvalue weighted by molar-refractivity contribution is 5.77. The summed E-state index contributed by atoms with van der Waals surface area (Å²) in [6.45, 7) is 4.09. The summed E-state index contributed by atoms with van der Waals surface area (Å²) in [5, 5.41) is 8.85. The molecule has 0 heterocycles. The van der Waals surface area contributed by atoms with Crippen LogP contribution >= 0.6 is 0 Å². The smallest absolute Gasteiger partial charge is 0.310 e. The number of methoxy groups -OCH3 is 1. The van der Waals surface area contributed by atoms with Gasteiger partial charge in [-0.15, -0.1) is 0 Å². The van der Waals surface area contributed by atoms with Gasteiger partial charge in [-0.3, -0.25) is 9.59 Å². The molecular weight excluding hydrogens is 210 g/mol. The largest absolute Gasteiger partial charge is 0.469 e. The average molecular weight is 231 g/mol. The number of hydrogen-bond donors (Lipinski definition) is 1. The molecule has 1 N–H and O–H groups in total. The molecule has 0 spiro atoms. The average Bonchev–Trinajstić information content (AvgIpc) is 2.27. The van der Waals surface area contributed by atoms with Crippen molar-refractivity contribution >= 4 is 11.9 Å². The summed E-state index contributed by atoms with van der Waals surface area (Å²) in [5.41, 5.74) is 0. The SMILES string of the molecule is CCCC(=O)N(CCO)CC(C)C(=O)OC. The van der Waals surface area contributed by atoms with E-state index in [9.17, 15) is 9.59 Å². The van der Waals surface area contributed by atoms with Crippen molar-refractivity contribution in [1.82, 2.24) is 4.90 Å². The minimum absolute atomic E-state index is 0.0349. The summed E-state index contributed by atoms with van der Waals surface area (Å²) in [4.78, 5) is 24.4. The normalized spacial score (nSPS) is 12.0. The van der Waals surface area contributed by atoms with Crippen LogP contribution in [0.4, 0.5) is 0 Å². The lowest BCUT2D eigenvalue weighted by atomic mass is 10.1. The van der Waals surface area contributed by atoms with Crippen LogP contribution in [0.1, 0.15) is 26.7 Å². The first-order valence-electron chi connectivity index (χ1n) is 5.53. The maximum absolute atomic E-state index is 11.6. The summed E-state index contributed by atoms with van der Waals surface area (Å²) in [5.74, 6) is -0.739. The zero-order valence-corrected chi connectivity index (χ0v) is 10.2. The number of ether oxygens (including phenoxy) is 1. The number of esters is 1. The minimum atomic E-state index is -0.364. The third kappa shape index (κ3) is 5.11. The molecule has 0 aromatic heterocycles. The highest BCUT2D eigenvalue weighted by Crippen LogP contribution is 2.05. The van der Waals surface area contributed by atoms with E-state index in [-0.39, 0.29) is 30.9 Å². The van der Waals surface area contributed by atoms with Crippen LogP contribution in [0.5, 0.6) is 0 Å². The van der Waals surface area contributed by atoms with Crippen molar-refractivity contribution in [3.8, 4) is 0 Å². The van der Waals surface area contributed by atoms with Gasteiger partial charge >= 0.3 is 5.97 Å². The van der Waals surface area contributed by atoms with Gasteiger partial charge in [-0.1, -0.05) is 13.8 Å². The Balaban J connectivity index is 4.31. The number of hydrogen-bond acceptors (Lipinski definition) is 4. The lowest BCUT2D eigenvalue weighted by Crippen LogP contribution is -2.38. The van der Waals surface area contributed by atoms with Crippen LogP contribution in [-0.2, 0) is 14.3 Å². The molecule has 0 aromatic rings. The summed E-state index contributed by atoms with van der Waals surface area (Å²) in [6, 6.07) is 0. The first kappa shape index (κ1) is 14.9. The van der Waals surface area contributed by atoms with E-state index < -0.39 is 0 Å². The van der Waals surface area contributed by atoms with E-state index in [4.69, 9.17) is 5.11 Å². The van der Waals surface area contributed by atoms with Gasteiger partial charge in [0, 0.05) is 19.5 Å². The standard InChI is InChI=1S/C11H21NO4/c1-4-5-10(14)12(6-7-13)8-9(2)11(15)16-3/h9,13H,4-8H2,1-3H3. The van der Waals surface area contributed by atoms with Gasteiger partial charge < -0.3 is 14.7 Å². The van der Waals surface area contributed by atoms with Crippen LogP contribution in [0.2, 0.25) is 0 Å². The van der Waals surface area contributed by atoms with E-state index in [2.05, 4.69) is 4.74 Å². The Morgan fingerprint density at radius 2 is 2.06 bits per heavy atom. The van der Waals surface area contributed by atoms with E-state index in [1.165, 1.54) is 12.0 Å². The van der Waals surface area contributed by atoms with Crippen molar-refractivity contribution in [3.63, 3.8) is 0 Å². The number of amides is 1. The van der Waals surface area contributed by atoms with E-state index in [1.807, 2.05) is 6.92 Å². The molecule has 0 aliphatic carbocycles. The van der Waals surface area contributed by atoms with E-state index in [1.54, 1.807) is 6.92 Å². The Hall–Kier alpha value is -1.10. The van der Waals surface area contributed by atoms with Crippen LogP contribution in [0, 0.1) is 5.92 Å². The first-order valence-corrected chi connectivity index (χ1v) is 5.53. The van der Waals surface area contributed by atoms with Crippen molar-refractivity contribution in [3.05, 3.63) is 0 Å². The van der Waals surface area contributed by atoms with Crippen molar-refractivity contribution in [1.29, 1.82) is 0 Å². The number of aliphatic hydroxyl groups is 1. The molecule has 0 bridgehead atoms. The second-order valence-electron chi connectivity index (χ2n) is 3.74. The fraction of sp³-hybridized carbons (Fsp3) is 0.818. The number of rotatable bonds is 7. The van der Waals surface area contributed by atoms with E-state index in [0.717, 1.165) is 6.42 Å². The van der Waals surface area contributed by atoms with Crippen LogP contribution in [0.25, 0.3) is 0 Å². The highest BCUT2D eigenvalue weighted by Gasteiger charge is 2.20. The molecule has 0 aromatic carbocycles. The number of carbonyl (C=O) groups excluding carboxylic acids is 2. The molecule has 0 saturated carbocycles. The fourth-order valence-electron chi connectivity index (χ4n) is 1.42. The van der Waals surface area contributed by atoms with Gasteiger partial charge in [0.15, 0.2) is 0 Å². The molecule has 1 amide bonds. The second-order valence-corrected chi connectivity index (χ2v) is 3.74. The van der Waals surface area contributed by atoms with Gasteiger partial charge in [0.2, 0.25) is 5.91 Å². The Morgan fingerprint density at radius 3 is 2.50 bits per heavy atom. The molecule has 94 valence electrons. The summed E-state index contributed by atoms with van der Waals surface area (Å²) in [6.07, 6.45) is 1.20. The highest BCUT2D eigenvalue weighted by atomic mass is 16.5. The van der Waals surface area contributed by atoms with Crippen LogP contribution in [0.3, 0.4) is 0 Å². The molecule has 5 nitrogen and oxygen atoms in total. The zero-order chi connectivity index (χ0) is 12.6. The lowest BCUT2D eigenvalue weighted by molar-refractivity contribution is -0.146. The Morgan fingerprint density at radius 1 is 1.44 bits per heavy atom. The van der Waals surface area contributed by atoms with E-state index >= 15 is 0 Å². The molecule has 0 aliphatic rings. The lowest BCUT2D eigenvalue weighted by Gasteiger charge is -2.24. The van der Waals surface area contributed by atoms with Crippen molar-refractivity contribution < 1.29 is 19.4 Å². The molecular formula is C11H21NO4. The third-order valence-corrected chi connectivity index (χ3v) is 2.28. The molecule has 0 fully saturated rings. The minimum Gasteiger partial charge on any atom is -0.469 e. The predicted molar refractivity (Wildman–Crippen MR) is 59.8 cm³/mol. The first-order chi connectivity index (χ1) is 7.56. The predicted octanol–water partition coefficient (Wildman–Crippen LogP) is 0.416. The van der Waals surface area contributed by atoms with Gasteiger partial charge in [-0.05, 0) is 6.42 Å². The van der Waals surface area contributed by atoms with Crippen molar-refractivity contribution in [2.75, 3.05) is 26.8 Å². The number of aliphatic hydroxyl groups excluding tert-OH is 1. The van der Waals surface area contributed by atoms with Gasteiger partial charge in [0.25, 0.3) is 0 Å². The van der Waals surface area contributed by atoms with Crippen LogP contribution in [0.15, 0.2) is 0 Å². The van der Waals surface area contributed by atoms with Crippen LogP contribution in [-0.4, -0.2) is 48.7 Å². The zero-order valence-electron chi connectivity index (χ0n) is 10.2. The van der Waals surface area contributed by atoms with Gasteiger partial charge in [0.1, 0.15) is 0 Å². The summed E-state index contributed by atoms with van der Waals surface area (Å²) in [7, 11) is 1.32. The second kappa shape index (κ2) is 8.10. The summed E-state index contributed by atoms with van der Waals surface area (Å²) < 4.78 is 4.59. The van der Waals surface area contributed by atoms with Gasteiger partial charge in [-0.25, -0.2) is 0 Å². The molecule has 1 atom stereocenters. The molecule has 0 rings (SSSR count). The fourth-order valence-corrected chi connectivity index (χ4v) is 1.42. The number of carbonyl (C=O) groups is 2. The van der Waals surface area contributed by atoms with E-state index in [0.29, 0.717) is 13.0 Å². The molecule has 0 saturated heterocycles. The Bertz CT molecular complexity index is 230. The number of nitrogens with zero attached hydrogens (tertiary/aromatic N) is 1. The monoisotopic (exact) mass is 231 g/mol. The maximum Gasteiger partial charge on any atom is 0.310 e. The topological polar surface area (TPSA) is 66.8 Å². The third-order valence-electron chi connectivity index (χ3n) is 2.28. The molecule has 0 radical (unpaired) electrons. The maximum atomic E-state index is 11.6. The molecule has 5 heteroatoms. The Kier molecular flexibility index (Phi) is 7.54. The van der Waals surface area contributed by atoms with Gasteiger partial charge in [-0.2, -0.15) is 0 Å². The molecule has 16 heavy (non-hydrogen) atoms. The van der Waals surface area contributed by atoms with Crippen LogP contribution < -0.4 is 0 Å². The summed E-state index contributed by atoms with van der Waals surface area (Å²) >= 11 is 0. The molecule has 0 aliphatic heterocycles. The Labute approximate surface area is 96.4 Å². The quantitative estimate of drug-likeness (QED) is 0.645. The van der Waals surface area contributed by atoms with Gasteiger partial charge in [0.05, 0.1) is 19.6 Å². The van der Waals surface area contributed by atoms with Crippen molar-refractivity contribution in [2.45, 2.75) is 26.7 Å². The molecule has 1 unspecified atom stereocenters. The van der Waals surface area contributed by atoms with Crippen molar-refractivity contribution in [2.24, 2.45) is 5.92 Å².